The van der Waals surface area contributed by atoms with E-state index in [9.17, 15) is 15.0 Å². The summed E-state index contributed by atoms with van der Waals surface area (Å²) in [6.07, 6.45) is 0.285. The molecule has 3 aliphatic heterocycles. The van der Waals surface area contributed by atoms with Crippen LogP contribution in [0.15, 0.2) is 128 Å². The minimum absolute atomic E-state index is 0.0427. The van der Waals surface area contributed by atoms with Gasteiger partial charge in [-0.3, -0.25) is 24.3 Å². The van der Waals surface area contributed by atoms with E-state index < -0.39 is 59.4 Å². The van der Waals surface area contributed by atoms with E-state index in [2.05, 4.69) is 22.1 Å². The molecule has 61 heavy (non-hydrogen) atoms. The summed E-state index contributed by atoms with van der Waals surface area (Å²) in [5, 5.41) is 23.2. The summed E-state index contributed by atoms with van der Waals surface area (Å²) in [5.74, 6) is 2.29. The number of aromatic nitrogens is 1. The van der Waals surface area contributed by atoms with Crippen molar-refractivity contribution in [3.8, 4) is 17.6 Å². The number of carbonyl (C=O) groups excluding carboxylic acids is 4. The van der Waals surface area contributed by atoms with Crippen LogP contribution in [-0.2, 0) is 40.4 Å². The van der Waals surface area contributed by atoms with Crippen LogP contribution in [0.25, 0.3) is 0 Å². The van der Waals surface area contributed by atoms with Crippen LogP contribution in [0.2, 0.25) is 0 Å². The van der Waals surface area contributed by atoms with E-state index in [1.807, 2.05) is 77.7 Å². The van der Waals surface area contributed by atoms with Crippen LogP contribution >= 0.6 is 0 Å². The molecule has 13 heteroatoms. The SMILES string of the molecule is COCCOC(=O)N1C(=O)[C@@]2(c3cc(C#CCCO)ccc31)[C@H](C(=O)NCCc1ccccn1)[C@H]1C(=O)O[C@H](c3ccccc3)[C@H](c3ccccc3)N1[C@@H]2c1ccc(O)cc1. The van der Waals surface area contributed by atoms with Gasteiger partial charge in [0, 0.05) is 44.0 Å². The predicted octanol–water partition coefficient (Wildman–Crippen LogP) is 5.33. The summed E-state index contributed by atoms with van der Waals surface area (Å²) in [6.45, 7) is -0.169. The number of hydrogen-bond donors (Lipinski definition) is 3. The zero-order valence-corrected chi connectivity index (χ0v) is 33.3. The molecule has 3 amide bonds. The average molecular weight is 821 g/mol. The van der Waals surface area contributed by atoms with Crippen molar-refractivity contribution in [2.45, 2.75) is 42.5 Å². The van der Waals surface area contributed by atoms with E-state index in [0.29, 0.717) is 23.1 Å². The van der Waals surface area contributed by atoms with Crippen LogP contribution in [0.5, 0.6) is 5.75 Å². The van der Waals surface area contributed by atoms with E-state index >= 15 is 14.4 Å². The Labute approximate surface area is 352 Å². The molecule has 3 N–H and O–H groups in total. The number of methoxy groups -OCH3 is 1. The number of imide groups is 1. The van der Waals surface area contributed by atoms with Crippen molar-refractivity contribution in [3.05, 3.63) is 161 Å². The van der Waals surface area contributed by atoms with E-state index in [1.165, 1.54) is 19.2 Å². The van der Waals surface area contributed by atoms with Gasteiger partial charge in [0.05, 0.1) is 36.9 Å². The van der Waals surface area contributed by atoms with Crippen LogP contribution in [0.3, 0.4) is 0 Å². The molecule has 0 aliphatic carbocycles. The lowest BCUT2D eigenvalue weighted by atomic mass is 9.65. The summed E-state index contributed by atoms with van der Waals surface area (Å²) in [4.78, 5) is 68.0. The molecule has 0 unspecified atom stereocenters. The third-order valence-electron chi connectivity index (χ3n) is 11.5. The van der Waals surface area contributed by atoms with Gasteiger partial charge >= 0.3 is 12.1 Å². The Hall–Kier alpha value is -6.85. The van der Waals surface area contributed by atoms with Gasteiger partial charge in [0.25, 0.3) is 0 Å². The molecule has 0 radical (unpaired) electrons. The molecule has 5 aromatic rings. The van der Waals surface area contributed by atoms with Gasteiger partial charge in [-0.1, -0.05) is 90.7 Å². The van der Waals surface area contributed by atoms with Gasteiger partial charge in [0.2, 0.25) is 11.8 Å². The number of nitrogens with one attached hydrogen (secondary N) is 1. The molecule has 6 atom stereocenters. The molecule has 2 saturated heterocycles. The van der Waals surface area contributed by atoms with Gasteiger partial charge < -0.3 is 29.7 Å². The molecule has 3 aliphatic rings. The van der Waals surface area contributed by atoms with Gasteiger partial charge in [0.15, 0.2) is 0 Å². The number of esters is 1. The van der Waals surface area contributed by atoms with Crippen LogP contribution in [0.1, 0.15) is 58.1 Å². The largest absolute Gasteiger partial charge is 0.508 e. The lowest BCUT2D eigenvalue weighted by molar-refractivity contribution is -0.178. The smallest absolute Gasteiger partial charge is 0.421 e. The third kappa shape index (κ3) is 7.50. The zero-order chi connectivity index (χ0) is 42.5. The number of aliphatic hydroxyl groups excluding tert-OH is 1. The molecule has 8 rings (SSSR count). The second-order valence-corrected chi connectivity index (χ2v) is 15.0. The zero-order valence-electron chi connectivity index (χ0n) is 33.3. The standard InChI is InChI=1S/C48H44N4O9/c1-59-28-29-60-47(58)51-38-23-18-31(12-9-11-27-53)30-37(38)48(46(51)57)39(44(55)50-26-24-35-17-8-10-25-49-35)41-45(56)61-42(33-15-6-3-7-16-33)40(32-13-4-2-5-14-32)52(41)43(48)34-19-21-36(54)22-20-34/h2-8,10,13-23,25,30,39-43,53-54H,11,24,26-29H2,1H3,(H,50,55)/t39-,40-,41-,42+,43+,48-/m0/s1. The number of ether oxygens (including phenoxy) is 3. The minimum Gasteiger partial charge on any atom is -0.508 e. The lowest BCUT2D eigenvalue weighted by Crippen LogP contribution is -2.56. The molecule has 4 heterocycles. The number of anilines is 1. The maximum absolute atomic E-state index is 16.0. The van der Waals surface area contributed by atoms with Crippen LogP contribution in [0, 0.1) is 17.8 Å². The van der Waals surface area contributed by atoms with Crippen molar-refractivity contribution < 1.29 is 43.6 Å². The maximum atomic E-state index is 16.0. The quantitative estimate of drug-likeness (QED) is 0.0896. The number of phenolic OH excluding ortho intramolecular Hbond substituents is 1. The fraction of sp³-hybridized carbons (Fsp3) is 0.271. The van der Waals surface area contributed by atoms with Gasteiger partial charge in [-0.15, -0.1) is 0 Å². The fourth-order valence-corrected chi connectivity index (χ4v) is 9.09. The monoisotopic (exact) mass is 820 g/mol. The van der Waals surface area contributed by atoms with E-state index in [-0.39, 0.29) is 49.8 Å². The number of carbonyl (C=O) groups is 4. The summed E-state index contributed by atoms with van der Waals surface area (Å²) in [5.41, 5.74) is 1.49. The number of pyridine rings is 1. The second kappa shape index (κ2) is 17.8. The Balaban J connectivity index is 1.41. The minimum atomic E-state index is -2.02. The number of fused-ring (bicyclic) bond motifs is 3. The summed E-state index contributed by atoms with van der Waals surface area (Å²) in [7, 11) is 1.46. The first-order valence-corrected chi connectivity index (χ1v) is 20.1. The molecular formula is C48H44N4O9. The molecule has 1 spiro atoms. The van der Waals surface area contributed by atoms with E-state index in [0.717, 1.165) is 16.2 Å². The average Bonchev–Trinajstić information content (AvgIpc) is 3.74. The molecule has 0 saturated carbocycles. The number of phenols is 1. The molecule has 2 fully saturated rings. The highest BCUT2D eigenvalue weighted by molar-refractivity contribution is 6.23. The number of nitrogens with zero attached hydrogens (tertiary/aromatic N) is 3. The number of amides is 3. The van der Waals surface area contributed by atoms with Gasteiger partial charge in [-0.25, -0.2) is 9.69 Å². The van der Waals surface area contributed by atoms with Crippen LogP contribution in [-0.4, -0.2) is 83.5 Å². The highest BCUT2D eigenvalue weighted by Crippen LogP contribution is 2.66. The Morgan fingerprint density at radius 3 is 2.28 bits per heavy atom. The summed E-state index contributed by atoms with van der Waals surface area (Å²) >= 11 is 0. The van der Waals surface area contributed by atoms with Crippen molar-refractivity contribution in [1.82, 2.24) is 15.2 Å². The highest BCUT2D eigenvalue weighted by atomic mass is 16.6. The van der Waals surface area contributed by atoms with E-state index in [1.54, 1.807) is 42.6 Å². The number of benzene rings is 4. The highest BCUT2D eigenvalue weighted by Gasteiger charge is 2.75. The predicted molar refractivity (Wildman–Crippen MR) is 223 cm³/mol. The normalized spacial score (nSPS) is 22.8. The summed E-state index contributed by atoms with van der Waals surface area (Å²) < 4.78 is 17.2. The summed E-state index contributed by atoms with van der Waals surface area (Å²) in [6, 6.07) is 32.1. The number of aromatic hydroxyl groups is 1. The third-order valence-corrected chi connectivity index (χ3v) is 11.5. The van der Waals surface area contributed by atoms with Crippen molar-refractivity contribution in [1.29, 1.82) is 0 Å². The fourth-order valence-electron chi connectivity index (χ4n) is 9.09. The number of cyclic esters (lactones) is 1. The van der Waals surface area contributed by atoms with E-state index in [4.69, 9.17) is 14.2 Å². The lowest BCUT2D eigenvalue weighted by Gasteiger charge is -2.46. The first-order chi connectivity index (χ1) is 29.8. The molecule has 0 bridgehead atoms. The number of morpholine rings is 1. The van der Waals surface area contributed by atoms with Crippen molar-refractivity contribution in [2.75, 3.05) is 38.4 Å². The Kier molecular flexibility index (Phi) is 11.9. The van der Waals surface area contributed by atoms with Gasteiger partial charge in [-0.2, -0.15) is 0 Å². The molecule has 13 nitrogen and oxygen atoms in total. The second-order valence-electron chi connectivity index (χ2n) is 15.0. The number of hydrogen-bond acceptors (Lipinski definition) is 11. The van der Waals surface area contributed by atoms with Gasteiger partial charge in [0.1, 0.15) is 29.9 Å². The Morgan fingerprint density at radius 1 is 0.869 bits per heavy atom. The molecule has 4 aromatic carbocycles. The topological polar surface area (TPSA) is 168 Å². The Morgan fingerprint density at radius 2 is 1.59 bits per heavy atom. The first kappa shape index (κ1) is 40.9. The van der Waals surface area contributed by atoms with Crippen LogP contribution in [0.4, 0.5) is 10.5 Å². The van der Waals surface area contributed by atoms with Gasteiger partial charge in [-0.05, 0) is 64.7 Å². The number of rotatable bonds is 11. The van der Waals surface area contributed by atoms with Crippen molar-refractivity contribution in [2.24, 2.45) is 5.92 Å². The number of aliphatic hydroxyl groups is 1. The molecule has 1 aromatic heterocycles. The van der Waals surface area contributed by atoms with Crippen molar-refractivity contribution in [3.63, 3.8) is 0 Å². The molecule has 310 valence electrons. The molecular weight excluding hydrogens is 777 g/mol. The van der Waals surface area contributed by atoms with Crippen LogP contribution < -0.4 is 10.2 Å². The Bertz CT molecular complexity index is 2460. The van der Waals surface area contributed by atoms with Crippen molar-refractivity contribution >= 4 is 29.6 Å². The maximum Gasteiger partial charge on any atom is 0.421 e. The first-order valence-electron chi connectivity index (χ1n) is 20.1.